The number of amides is 1. The lowest BCUT2D eigenvalue weighted by Crippen LogP contribution is -2.52. The van der Waals surface area contributed by atoms with E-state index in [1.807, 2.05) is 0 Å². The van der Waals surface area contributed by atoms with Gasteiger partial charge in [-0.25, -0.2) is 0 Å². The Kier molecular flexibility index (Phi) is 4.08. The highest BCUT2D eigenvalue weighted by Gasteiger charge is 2.40. The van der Waals surface area contributed by atoms with Crippen molar-refractivity contribution >= 4 is 5.91 Å². The predicted molar refractivity (Wildman–Crippen MR) is 75.7 cm³/mol. The topological polar surface area (TPSA) is 58.4 Å². The zero-order chi connectivity index (χ0) is 13.2. The summed E-state index contributed by atoms with van der Waals surface area (Å²) in [6.45, 7) is 0.596. The van der Waals surface area contributed by atoms with Crippen LogP contribution in [-0.4, -0.2) is 41.5 Å². The molecule has 2 saturated heterocycles. The van der Waals surface area contributed by atoms with Gasteiger partial charge in [-0.2, -0.15) is 0 Å². The molecular formula is C15H27N3O. The van der Waals surface area contributed by atoms with Gasteiger partial charge in [0.2, 0.25) is 5.91 Å². The van der Waals surface area contributed by atoms with E-state index in [1.54, 1.807) is 0 Å². The molecule has 0 aromatic rings. The summed E-state index contributed by atoms with van der Waals surface area (Å²) in [5.74, 6) is 0.235. The highest BCUT2D eigenvalue weighted by atomic mass is 16.2. The van der Waals surface area contributed by atoms with Crippen molar-refractivity contribution in [2.45, 2.75) is 82.0 Å². The number of nitrogens with zero attached hydrogens (tertiary/aromatic N) is 1. The molecule has 0 spiro atoms. The fraction of sp³-hybridized carbons (Fsp3) is 0.933. The third-order valence-corrected chi connectivity index (χ3v) is 5.22. The van der Waals surface area contributed by atoms with Crippen LogP contribution < -0.4 is 11.1 Å². The number of carbonyl (C=O) groups is 1. The van der Waals surface area contributed by atoms with Gasteiger partial charge in [0.25, 0.3) is 0 Å². The van der Waals surface area contributed by atoms with E-state index >= 15 is 0 Å². The van der Waals surface area contributed by atoms with Gasteiger partial charge in [-0.3, -0.25) is 9.69 Å². The Morgan fingerprint density at radius 2 is 1.68 bits per heavy atom. The second-order valence-corrected chi connectivity index (χ2v) is 6.69. The summed E-state index contributed by atoms with van der Waals surface area (Å²) < 4.78 is 0. The van der Waals surface area contributed by atoms with Crippen molar-refractivity contribution in [2.75, 3.05) is 6.54 Å². The average Bonchev–Trinajstić information content (AvgIpc) is 2.63. The van der Waals surface area contributed by atoms with Crippen LogP contribution in [0, 0.1) is 0 Å². The summed E-state index contributed by atoms with van der Waals surface area (Å²) in [5, 5.41) is 3.23. The number of hydrogen-bond donors (Lipinski definition) is 2. The fourth-order valence-electron chi connectivity index (χ4n) is 4.26. The van der Waals surface area contributed by atoms with E-state index < -0.39 is 0 Å². The molecule has 3 N–H and O–H groups in total. The van der Waals surface area contributed by atoms with Crippen molar-refractivity contribution in [3.8, 4) is 0 Å². The molecule has 1 aliphatic carbocycles. The van der Waals surface area contributed by atoms with Crippen LogP contribution in [0.15, 0.2) is 0 Å². The molecule has 108 valence electrons. The van der Waals surface area contributed by atoms with Gasteiger partial charge < -0.3 is 11.1 Å². The number of fused-ring (bicyclic) bond motifs is 2. The maximum Gasteiger partial charge on any atom is 0.234 e. The Morgan fingerprint density at radius 1 is 1.05 bits per heavy atom. The third kappa shape index (κ3) is 3.11. The smallest absolute Gasteiger partial charge is 0.234 e. The van der Waals surface area contributed by atoms with Gasteiger partial charge in [-0.1, -0.05) is 19.3 Å². The summed E-state index contributed by atoms with van der Waals surface area (Å²) in [5.41, 5.74) is 6.07. The van der Waals surface area contributed by atoms with Gasteiger partial charge in [-0.05, 0) is 38.5 Å². The second-order valence-electron chi connectivity index (χ2n) is 6.69. The lowest BCUT2D eigenvalue weighted by Gasteiger charge is -2.37. The molecule has 0 aromatic carbocycles. The average molecular weight is 265 g/mol. The summed E-state index contributed by atoms with van der Waals surface area (Å²) in [6.07, 6.45) is 10.8. The van der Waals surface area contributed by atoms with E-state index in [4.69, 9.17) is 5.73 Å². The van der Waals surface area contributed by atoms with Crippen molar-refractivity contribution in [1.29, 1.82) is 0 Å². The third-order valence-electron chi connectivity index (χ3n) is 5.22. The van der Waals surface area contributed by atoms with Gasteiger partial charge >= 0.3 is 0 Å². The molecule has 1 saturated carbocycles. The maximum atomic E-state index is 12.2. The first-order chi connectivity index (χ1) is 9.22. The van der Waals surface area contributed by atoms with Gasteiger partial charge in [-0.15, -0.1) is 0 Å². The summed E-state index contributed by atoms with van der Waals surface area (Å²) in [4.78, 5) is 14.6. The standard InChI is InChI=1S/C15H27N3O/c16-11-8-13-6-7-14(9-11)18(13)10-15(19)17-12-4-2-1-3-5-12/h11-14H,1-10,16H2,(H,17,19). The minimum Gasteiger partial charge on any atom is -0.352 e. The lowest BCUT2D eigenvalue weighted by molar-refractivity contribution is -0.124. The van der Waals surface area contributed by atoms with Gasteiger partial charge in [0, 0.05) is 24.2 Å². The Labute approximate surface area is 116 Å². The zero-order valence-corrected chi connectivity index (χ0v) is 11.8. The molecule has 2 bridgehead atoms. The Balaban J connectivity index is 1.49. The Morgan fingerprint density at radius 3 is 2.32 bits per heavy atom. The molecule has 19 heavy (non-hydrogen) atoms. The van der Waals surface area contributed by atoms with Crippen molar-refractivity contribution in [3.63, 3.8) is 0 Å². The first kappa shape index (κ1) is 13.4. The van der Waals surface area contributed by atoms with Crippen molar-refractivity contribution in [3.05, 3.63) is 0 Å². The van der Waals surface area contributed by atoms with Gasteiger partial charge in [0.05, 0.1) is 6.54 Å². The van der Waals surface area contributed by atoms with Crippen LogP contribution in [0.3, 0.4) is 0 Å². The fourth-order valence-corrected chi connectivity index (χ4v) is 4.26. The number of nitrogens with one attached hydrogen (secondary N) is 1. The molecule has 2 aliphatic heterocycles. The number of nitrogens with two attached hydrogens (primary N) is 1. The number of hydrogen-bond acceptors (Lipinski definition) is 3. The summed E-state index contributed by atoms with van der Waals surface area (Å²) >= 11 is 0. The second kappa shape index (κ2) is 5.80. The molecule has 3 fully saturated rings. The van der Waals surface area contributed by atoms with Crippen molar-refractivity contribution in [2.24, 2.45) is 5.73 Å². The highest BCUT2D eigenvalue weighted by Crippen LogP contribution is 2.34. The van der Waals surface area contributed by atoms with Crippen LogP contribution >= 0.6 is 0 Å². The van der Waals surface area contributed by atoms with E-state index in [9.17, 15) is 4.79 Å². The molecule has 0 aromatic heterocycles. The molecule has 2 heterocycles. The molecule has 4 heteroatoms. The van der Waals surface area contributed by atoms with Crippen LogP contribution in [0.2, 0.25) is 0 Å². The first-order valence-electron chi connectivity index (χ1n) is 8.03. The Hall–Kier alpha value is -0.610. The first-order valence-corrected chi connectivity index (χ1v) is 8.03. The number of piperidine rings is 1. The molecule has 2 unspecified atom stereocenters. The monoisotopic (exact) mass is 265 g/mol. The highest BCUT2D eigenvalue weighted by molar-refractivity contribution is 5.78. The van der Waals surface area contributed by atoms with Gasteiger partial charge in [0.1, 0.15) is 0 Å². The van der Waals surface area contributed by atoms with Gasteiger partial charge in [0.15, 0.2) is 0 Å². The SMILES string of the molecule is NC1CC2CCC(C1)N2CC(=O)NC1CCCCC1. The van der Waals surface area contributed by atoms with E-state index in [1.165, 1.54) is 44.9 Å². The minimum atomic E-state index is 0.235. The lowest BCUT2D eigenvalue weighted by atomic mass is 9.95. The largest absolute Gasteiger partial charge is 0.352 e. The summed E-state index contributed by atoms with van der Waals surface area (Å²) in [6, 6.07) is 1.91. The van der Waals surface area contributed by atoms with E-state index in [-0.39, 0.29) is 5.91 Å². The van der Waals surface area contributed by atoms with Crippen LogP contribution in [0.25, 0.3) is 0 Å². The van der Waals surface area contributed by atoms with E-state index in [0.29, 0.717) is 30.7 Å². The minimum absolute atomic E-state index is 0.235. The van der Waals surface area contributed by atoms with E-state index in [0.717, 1.165) is 12.8 Å². The molecule has 0 radical (unpaired) electrons. The normalized spacial score (nSPS) is 36.4. The molecule has 3 aliphatic rings. The quantitative estimate of drug-likeness (QED) is 0.811. The van der Waals surface area contributed by atoms with Crippen LogP contribution in [0.4, 0.5) is 0 Å². The molecular weight excluding hydrogens is 238 g/mol. The van der Waals surface area contributed by atoms with Crippen LogP contribution in [0.1, 0.15) is 57.8 Å². The molecule has 4 nitrogen and oxygen atoms in total. The van der Waals surface area contributed by atoms with Crippen LogP contribution in [0.5, 0.6) is 0 Å². The Bertz CT molecular complexity index is 313. The van der Waals surface area contributed by atoms with Crippen molar-refractivity contribution in [1.82, 2.24) is 10.2 Å². The van der Waals surface area contributed by atoms with Crippen LogP contribution in [-0.2, 0) is 4.79 Å². The number of carbonyl (C=O) groups excluding carboxylic acids is 1. The zero-order valence-electron chi connectivity index (χ0n) is 11.8. The van der Waals surface area contributed by atoms with Crippen molar-refractivity contribution < 1.29 is 4.79 Å². The van der Waals surface area contributed by atoms with E-state index in [2.05, 4.69) is 10.2 Å². The predicted octanol–water partition coefficient (Wildman–Crippen LogP) is 1.39. The summed E-state index contributed by atoms with van der Waals surface area (Å²) in [7, 11) is 0. The number of rotatable bonds is 3. The molecule has 2 atom stereocenters. The molecule has 1 amide bonds. The maximum absolute atomic E-state index is 12.2. The molecule has 3 rings (SSSR count).